The van der Waals surface area contributed by atoms with Gasteiger partial charge in [0.05, 0.1) is 4.88 Å². The maximum absolute atomic E-state index is 4.60. The van der Waals surface area contributed by atoms with E-state index in [0.717, 1.165) is 12.2 Å². The zero-order chi connectivity index (χ0) is 13.3. The second-order valence-corrected chi connectivity index (χ2v) is 6.63. The zero-order valence-corrected chi connectivity index (χ0v) is 12.6. The van der Waals surface area contributed by atoms with Crippen LogP contribution in [-0.2, 0) is 13.6 Å². The highest BCUT2D eigenvalue weighted by Gasteiger charge is 2.15. The highest BCUT2D eigenvalue weighted by Crippen LogP contribution is 2.30. The highest BCUT2D eigenvalue weighted by molar-refractivity contribution is 7.13. The van der Waals surface area contributed by atoms with Crippen molar-refractivity contribution in [3.05, 3.63) is 28.8 Å². The summed E-state index contributed by atoms with van der Waals surface area (Å²) in [4.78, 5) is 1.28. The Morgan fingerprint density at radius 3 is 2.67 bits per heavy atom. The van der Waals surface area contributed by atoms with Gasteiger partial charge in [0.2, 0.25) is 0 Å². The minimum atomic E-state index is 0.123. The standard InChI is InChI=1S/C14H21N3S/c1-10-6-7-18-13(10)12-11(9-17(5)16-12)8-15-14(2,3)4/h6-7,9,15H,8H2,1-5H3. The molecule has 0 spiro atoms. The lowest BCUT2D eigenvalue weighted by Crippen LogP contribution is -2.35. The summed E-state index contributed by atoms with van der Waals surface area (Å²) in [6.07, 6.45) is 2.10. The van der Waals surface area contributed by atoms with E-state index in [-0.39, 0.29) is 5.54 Å². The van der Waals surface area contributed by atoms with Crippen LogP contribution in [0.2, 0.25) is 0 Å². The predicted octanol–water partition coefficient (Wildman–Crippen LogP) is 3.35. The van der Waals surface area contributed by atoms with Gasteiger partial charge < -0.3 is 5.32 Å². The van der Waals surface area contributed by atoms with Gasteiger partial charge in [-0.3, -0.25) is 4.68 Å². The average Bonchev–Trinajstić information content (AvgIpc) is 2.80. The fraction of sp³-hybridized carbons (Fsp3) is 0.500. The number of hydrogen-bond donors (Lipinski definition) is 1. The third-order valence-electron chi connectivity index (χ3n) is 2.79. The summed E-state index contributed by atoms with van der Waals surface area (Å²) in [5, 5.41) is 10.3. The van der Waals surface area contributed by atoms with Crippen LogP contribution >= 0.6 is 11.3 Å². The first kappa shape index (κ1) is 13.3. The molecule has 0 radical (unpaired) electrons. The molecule has 2 rings (SSSR count). The number of thiophene rings is 1. The van der Waals surface area contributed by atoms with Crippen LogP contribution < -0.4 is 5.32 Å². The quantitative estimate of drug-likeness (QED) is 0.920. The van der Waals surface area contributed by atoms with Gasteiger partial charge in [-0.15, -0.1) is 11.3 Å². The van der Waals surface area contributed by atoms with Crippen molar-refractivity contribution < 1.29 is 0 Å². The first-order valence-corrected chi connectivity index (χ1v) is 7.07. The van der Waals surface area contributed by atoms with E-state index in [1.54, 1.807) is 11.3 Å². The molecule has 0 saturated heterocycles. The van der Waals surface area contributed by atoms with Crippen molar-refractivity contribution in [2.45, 2.75) is 39.8 Å². The largest absolute Gasteiger partial charge is 0.308 e. The van der Waals surface area contributed by atoms with Crippen LogP contribution in [-0.4, -0.2) is 15.3 Å². The summed E-state index contributed by atoms with van der Waals surface area (Å²) >= 11 is 1.76. The van der Waals surface area contributed by atoms with Crippen LogP contribution in [0.4, 0.5) is 0 Å². The lowest BCUT2D eigenvalue weighted by molar-refractivity contribution is 0.424. The third kappa shape index (κ3) is 3.00. The van der Waals surface area contributed by atoms with Crippen molar-refractivity contribution >= 4 is 11.3 Å². The molecule has 2 aromatic rings. The molecule has 0 aliphatic carbocycles. The Bertz CT molecular complexity index is 531. The van der Waals surface area contributed by atoms with E-state index >= 15 is 0 Å². The molecular weight excluding hydrogens is 242 g/mol. The Labute approximate surface area is 113 Å². The molecule has 2 aromatic heterocycles. The molecule has 0 amide bonds. The summed E-state index contributed by atoms with van der Waals surface area (Å²) in [7, 11) is 1.98. The average molecular weight is 263 g/mol. The number of aryl methyl sites for hydroxylation is 2. The minimum absolute atomic E-state index is 0.123. The maximum Gasteiger partial charge on any atom is 0.107 e. The van der Waals surface area contributed by atoms with E-state index in [1.165, 1.54) is 16.0 Å². The molecule has 0 bridgehead atoms. The Hall–Kier alpha value is -1.13. The van der Waals surface area contributed by atoms with Crippen molar-refractivity contribution in [3.63, 3.8) is 0 Å². The maximum atomic E-state index is 4.60. The molecule has 4 heteroatoms. The van der Waals surface area contributed by atoms with Gasteiger partial charge in [-0.25, -0.2) is 0 Å². The Morgan fingerprint density at radius 2 is 2.11 bits per heavy atom. The molecule has 98 valence electrons. The van der Waals surface area contributed by atoms with Gasteiger partial charge in [0.25, 0.3) is 0 Å². The van der Waals surface area contributed by atoms with Crippen molar-refractivity contribution in [1.82, 2.24) is 15.1 Å². The van der Waals surface area contributed by atoms with Gasteiger partial charge >= 0.3 is 0 Å². The molecule has 1 N–H and O–H groups in total. The lowest BCUT2D eigenvalue weighted by atomic mass is 10.1. The topological polar surface area (TPSA) is 29.9 Å². The Kier molecular flexibility index (Phi) is 3.59. The van der Waals surface area contributed by atoms with Gasteiger partial charge in [0, 0.05) is 30.9 Å². The van der Waals surface area contributed by atoms with Gasteiger partial charge in [-0.1, -0.05) is 0 Å². The summed E-state index contributed by atoms with van der Waals surface area (Å²) in [6.45, 7) is 9.53. The molecule has 18 heavy (non-hydrogen) atoms. The normalized spacial score (nSPS) is 12.1. The first-order valence-electron chi connectivity index (χ1n) is 6.19. The molecule has 2 heterocycles. The van der Waals surface area contributed by atoms with E-state index in [1.807, 2.05) is 11.7 Å². The zero-order valence-electron chi connectivity index (χ0n) is 11.7. The van der Waals surface area contributed by atoms with Crippen LogP contribution in [0.25, 0.3) is 10.6 Å². The van der Waals surface area contributed by atoms with Crippen LogP contribution in [0.3, 0.4) is 0 Å². The van der Waals surface area contributed by atoms with Crippen LogP contribution in [0.5, 0.6) is 0 Å². The van der Waals surface area contributed by atoms with E-state index in [0.29, 0.717) is 0 Å². The van der Waals surface area contributed by atoms with Gasteiger partial charge in [-0.2, -0.15) is 5.10 Å². The van der Waals surface area contributed by atoms with Gasteiger partial charge in [-0.05, 0) is 44.7 Å². The fourth-order valence-corrected chi connectivity index (χ4v) is 2.78. The van der Waals surface area contributed by atoms with Crippen molar-refractivity contribution in [1.29, 1.82) is 0 Å². The molecule has 0 atom stereocenters. The van der Waals surface area contributed by atoms with E-state index in [4.69, 9.17) is 0 Å². The second kappa shape index (κ2) is 4.86. The summed E-state index contributed by atoms with van der Waals surface area (Å²) < 4.78 is 1.90. The second-order valence-electron chi connectivity index (χ2n) is 5.71. The lowest BCUT2D eigenvalue weighted by Gasteiger charge is -2.20. The first-order chi connectivity index (χ1) is 8.37. The monoisotopic (exact) mass is 263 g/mol. The predicted molar refractivity (Wildman–Crippen MR) is 77.9 cm³/mol. The number of nitrogens with one attached hydrogen (secondary N) is 1. The van der Waals surface area contributed by atoms with Crippen molar-refractivity contribution in [2.24, 2.45) is 7.05 Å². The smallest absolute Gasteiger partial charge is 0.107 e. The van der Waals surface area contributed by atoms with E-state index in [2.05, 4.69) is 55.8 Å². The minimum Gasteiger partial charge on any atom is -0.308 e. The molecule has 0 aromatic carbocycles. The third-order valence-corrected chi connectivity index (χ3v) is 3.81. The molecule has 0 unspecified atom stereocenters. The Balaban J connectivity index is 2.29. The van der Waals surface area contributed by atoms with Gasteiger partial charge in [0.15, 0.2) is 0 Å². The summed E-state index contributed by atoms with van der Waals surface area (Å²) in [6, 6.07) is 2.15. The van der Waals surface area contributed by atoms with Gasteiger partial charge in [0.1, 0.15) is 5.69 Å². The number of rotatable bonds is 3. The van der Waals surface area contributed by atoms with Crippen LogP contribution in [0, 0.1) is 6.92 Å². The highest BCUT2D eigenvalue weighted by atomic mass is 32.1. The summed E-state index contributed by atoms with van der Waals surface area (Å²) in [5.74, 6) is 0. The number of nitrogens with zero attached hydrogens (tertiary/aromatic N) is 2. The number of hydrogen-bond acceptors (Lipinski definition) is 3. The van der Waals surface area contributed by atoms with Crippen molar-refractivity contribution in [2.75, 3.05) is 0 Å². The molecular formula is C14H21N3S. The van der Waals surface area contributed by atoms with Crippen molar-refractivity contribution in [3.8, 4) is 10.6 Å². The SMILES string of the molecule is Cc1ccsc1-c1nn(C)cc1CNC(C)(C)C. The van der Waals surface area contributed by atoms with E-state index in [9.17, 15) is 0 Å². The molecule has 0 fully saturated rings. The summed E-state index contributed by atoms with van der Waals surface area (Å²) in [5.41, 5.74) is 3.80. The molecule has 3 nitrogen and oxygen atoms in total. The Morgan fingerprint density at radius 1 is 1.39 bits per heavy atom. The van der Waals surface area contributed by atoms with Crippen LogP contribution in [0.1, 0.15) is 31.9 Å². The number of aromatic nitrogens is 2. The molecule has 0 aliphatic heterocycles. The van der Waals surface area contributed by atoms with E-state index < -0.39 is 0 Å². The van der Waals surface area contributed by atoms with Crippen LogP contribution in [0.15, 0.2) is 17.6 Å². The fourth-order valence-electron chi connectivity index (χ4n) is 1.83. The molecule has 0 aliphatic rings. The molecule has 0 saturated carbocycles.